The average molecular weight is 240 g/mol. The Hall–Kier alpha value is -1.72. The molecule has 0 unspecified atom stereocenters. The third-order valence-electron chi connectivity index (χ3n) is 2.26. The molecule has 1 aromatic heterocycles. The molecule has 0 radical (unpaired) electrons. The number of nitrogens with two attached hydrogens (primary N) is 1. The molecule has 2 rings (SSSR count). The number of rotatable bonds is 2. The van der Waals surface area contributed by atoms with Crippen LogP contribution in [0, 0.1) is 0 Å². The van der Waals surface area contributed by atoms with Crippen LogP contribution in [0.2, 0.25) is 5.02 Å². The van der Waals surface area contributed by atoms with E-state index in [4.69, 9.17) is 17.3 Å². The van der Waals surface area contributed by atoms with Gasteiger partial charge in [0.2, 0.25) is 5.88 Å². The summed E-state index contributed by atoms with van der Waals surface area (Å²) in [5.74, 6) is -0.171. The fraction of sp³-hybridized carbons (Fsp3) is 0.100. The second kappa shape index (κ2) is 4.03. The molecule has 1 heterocycles. The summed E-state index contributed by atoms with van der Waals surface area (Å²) in [6.45, 7) is -0.0121. The molecule has 0 saturated carbocycles. The maximum atomic E-state index is 11.4. The molecule has 0 aliphatic carbocycles. The van der Waals surface area contributed by atoms with Crippen LogP contribution in [0.3, 0.4) is 0 Å². The van der Waals surface area contributed by atoms with E-state index in [0.717, 1.165) is 0 Å². The van der Waals surface area contributed by atoms with E-state index in [1.54, 1.807) is 24.3 Å². The lowest BCUT2D eigenvalue weighted by atomic mass is 10.3. The lowest BCUT2D eigenvalue weighted by Gasteiger charge is -2.04. The van der Waals surface area contributed by atoms with Gasteiger partial charge in [0.05, 0.1) is 11.3 Å². The zero-order valence-electron chi connectivity index (χ0n) is 8.27. The maximum Gasteiger partial charge on any atom is 0.272 e. The van der Waals surface area contributed by atoms with Gasteiger partial charge in [-0.3, -0.25) is 9.89 Å². The molecule has 0 aliphatic rings. The average Bonchev–Trinajstić information content (AvgIpc) is 2.55. The summed E-state index contributed by atoms with van der Waals surface area (Å²) >= 11 is 5.74. The van der Waals surface area contributed by atoms with E-state index >= 15 is 0 Å². The fourth-order valence-electron chi connectivity index (χ4n) is 1.42. The van der Waals surface area contributed by atoms with Gasteiger partial charge in [-0.1, -0.05) is 11.6 Å². The van der Waals surface area contributed by atoms with Crippen LogP contribution in [-0.2, 0) is 6.54 Å². The minimum absolute atomic E-state index is 0.0121. The Labute approximate surface area is 96.1 Å². The predicted molar refractivity (Wildman–Crippen MR) is 61.0 cm³/mol. The Bertz CT molecular complexity index is 556. The van der Waals surface area contributed by atoms with Gasteiger partial charge in [-0.15, -0.1) is 0 Å². The number of halogens is 1. The summed E-state index contributed by atoms with van der Waals surface area (Å²) in [6, 6.07) is 6.68. The van der Waals surface area contributed by atoms with Gasteiger partial charge >= 0.3 is 0 Å². The molecule has 5 nitrogen and oxygen atoms in total. The smallest absolute Gasteiger partial charge is 0.272 e. The summed E-state index contributed by atoms with van der Waals surface area (Å²) in [5.41, 5.74) is 5.73. The molecule has 0 saturated heterocycles. The van der Waals surface area contributed by atoms with E-state index in [-0.39, 0.29) is 18.0 Å². The summed E-state index contributed by atoms with van der Waals surface area (Å²) in [4.78, 5) is 11.4. The SMILES string of the molecule is NCc1c(O)n(-c2ccc(Cl)cc2)[nH]c1=O. The number of H-pyrrole nitrogens is 1. The van der Waals surface area contributed by atoms with Crippen LogP contribution in [0.4, 0.5) is 0 Å². The molecule has 84 valence electrons. The molecular formula is C10H10ClN3O2. The van der Waals surface area contributed by atoms with Gasteiger partial charge in [0.25, 0.3) is 5.56 Å². The second-order valence-corrected chi connectivity index (χ2v) is 3.70. The van der Waals surface area contributed by atoms with E-state index in [1.165, 1.54) is 4.68 Å². The normalized spacial score (nSPS) is 10.6. The van der Waals surface area contributed by atoms with E-state index < -0.39 is 5.56 Å². The molecule has 4 N–H and O–H groups in total. The Kier molecular flexibility index (Phi) is 2.72. The molecular weight excluding hydrogens is 230 g/mol. The summed E-state index contributed by atoms with van der Waals surface area (Å²) in [6.07, 6.45) is 0. The van der Waals surface area contributed by atoms with Crippen molar-refractivity contribution >= 4 is 11.6 Å². The lowest BCUT2D eigenvalue weighted by Crippen LogP contribution is -2.10. The highest BCUT2D eigenvalue weighted by Crippen LogP contribution is 2.19. The van der Waals surface area contributed by atoms with Crippen LogP contribution >= 0.6 is 11.6 Å². The first-order valence-corrected chi connectivity index (χ1v) is 5.00. The number of aromatic hydroxyl groups is 1. The number of aromatic nitrogens is 2. The van der Waals surface area contributed by atoms with Crippen molar-refractivity contribution in [2.45, 2.75) is 6.54 Å². The monoisotopic (exact) mass is 239 g/mol. The van der Waals surface area contributed by atoms with Gasteiger partial charge in [-0.2, -0.15) is 0 Å². The van der Waals surface area contributed by atoms with Crippen LogP contribution < -0.4 is 11.3 Å². The molecule has 0 bridgehead atoms. The molecule has 0 spiro atoms. The van der Waals surface area contributed by atoms with Crippen LogP contribution in [-0.4, -0.2) is 14.9 Å². The number of benzene rings is 1. The number of aromatic amines is 1. The highest BCUT2D eigenvalue weighted by molar-refractivity contribution is 6.30. The van der Waals surface area contributed by atoms with Crippen LogP contribution in [0.15, 0.2) is 29.1 Å². The quantitative estimate of drug-likeness (QED) is 0.731. The summed E-state index contributed by atoms with van der Waals surface area (Å²) in [5, 5.41) is 12.8. The zero-order chi connectivity index (χ0) is 11.7. The van der Waals surface area contributed by atoms with Gasteiger partial charge in [0, 0.05) is 11.6 Å². The summed E-state index contributed by atoms with van der Waals surface area (Å²) in [7, 11) is 0. The highest BCUT2D eigenvalue weighted by Gasteiger charge is 2.13. The molecule has 0 aliphatic heterocycles. The molecule has 2 aromatic rings. The highest BCUT2D eigenvalue weighted by atomic mass is 35.5. The van der Waals surface area contributed by atoms with Crippen LogP contribution in [0.1, 0.15) is 5.56 Å². The third kappa shape index (κ3) is 1.70. The number of nitrogens with one attached hydrogen (secondary N) is 1. The molecule has 1 aromatic carbocycles. The minimum Gasteiger partial charge on any atom is -0.493 e. The van der Waals surface area contributed by atoms with Crippen molar-refractivity contribution in [3.63, 3.8) is 0 Å². The third-order valence-corrected chi connectivity index (χ3v) is 2.51. The van der Waals surface area contributed by atoms with Gasteiger partial charge in [-0.05, 0) is 24.3 Å². The van der Waals surface area contributed by atoms with Crippen molar-refractivity contribution in [3.05, 3.63) is 45.2 Å². The molecule has 0 fully saturated rings. The zero-order valence-corrected chi connectivity index (χ0v) is 9.03. The van der Waals surface area contributed by atoms with E-state index in [1.807, 2.05) is 0 Å². The van der Waals surface area contributed by atoms with Crippen LogP contribution in [0.25, 0.3) is 5.69 Å². The van der Waals surface area contributed by atoms with Crippen molar-refractivity contribution in [2.24, 2.45) is 5.73 Å². The predicted octanol–water partition coefficient (Wildman–Crippen LogP) is 0.983. The molecule has 0 amide bonds. The van der Waals surface area contributed by atoms with E-state index in [9.17, 15) is 9.90 Å². The largest absolute Gasteiger partial charge is 0.493 e. The Morgan fingerprint density at radius 3 is 2.50 bits per heavy atom. The Morgan fingerprint density at radius 1 is 1.38 bits per heavy atom. The Balaban J connectivity index is 2.56. The fourth-order valence-corrected chi connectivity index (χ4v) is 1.55. The number of hydrogen-bond donors (Lipinski definition) is 3. The standard InChI is InChI=1S/C10H10ClN3O2/c11-6-1-3-7(4-2-6)14-10(16)8(5-12)9(15)13-14/h1-4,16H,5,12H2,(H,13,15). The minimum atomic E-state index is -0.394. The Morgan fingerprint density at radius 2 is 2.00 bits per heavy atom. The van der Waals surface area contributed by atoms with Crippen molar-refractivity contribution in [2.75, 3.05) is 0 Å². The maximum absolute atomic E-state index is 11.4. The molecule has 0 atom stereocenters. The van der Waals surface area contributed by atoms with Crippen molar-refractivity contribution in [1.29, 1.82) is 0 Å². The second-order valence-electron chi connectivity index (χ2n) is 3.26. The van der Waals surface area contributed by atoms with Gasteiger partial charge in [0.15, 0.2) is 0 Å². The lowest BCUT2D eigenvalue weighted by molar-refractivity contribution is 0.428. The van der Waals surface area contributed by atoms with Crippen LogP contribution in [0.5, 0.6) is 5.88 Å². The first-order chi connectivity index (χ1) is 7.63. The van der Waals surface area contributed by atoms with E-state index in [2.05, 4.69) is 5.10 Å². The number of nitrogens with zero attached hydrogens (tertiary/aromatic N) is 1. The summed E-state index contributed by atoms with van der Waals surface area (Å²) < 4.78 is 1.26. The van der Waals surface area contributed by atoms with Gasteiger partial charge in [-0.25, -0.2) is 4.68 Å². The van der Waals surface area contributed by atoms with Gasteiger partial charge in [0.1, 0.15) is 0 Å². The number of hydrogen-bond acceptors (Lipinski definition) is 3. The van der Waals surface area contributed by atoms with E-state index in [0.29, 0.717) is 10.7 Å². The first kappa shape index (κ1) is 10.8. The molecule has 16 heavy (non-hydrogen) atoms. The van der Waals surface area contributed by atoms with Crippen molar-refractivity contribution in [1.82, 2.24) is 9.78 Å². The van der Waals surface area contributed by atoms with Crippen molar-refractivity contribution < 1.29 is 5.11 Å². The topological polar surface area (TPSA) is 84.0 Å². The molecule has 6 heteroatoms. The first-order valence-electron chi connectivity index (χ1n) is 4.62. The van der Waals surface area contributed by atoms with Crippen molar-refractivity contribution in [3.8, 4) is 11.6 Å². The van der Waals surface area contributed by atoms with Gasteiger partial charge < -0.3 is 10.8 Å².